The normalized spacial score (nSPS) is 11.4. The first kappa shape index (κ1) is 9.79. The third-order valence-corrected chi connectivity index (χ3v) is 3.23. The Morgan fingerprint density at radius 3 is 2.69 bits per heavy atom. The van der Waals surface area contributed by atoms with Crippen LogP contribution in [0.15, 0.2) is 23.4 Å². The molecule has 1 heterocycles. The molecule has 0 amide bonds. The van der Waals surface area contributed by atoms with Crippen LogP contribution in [-0.4, -0.2) is 30.2 Å². The van der Waals surface area contributed by atoms with E-state index in [1.807, 2.05) is 0 Å². The molecule has 2 N–H and O–H groups in total. The fourth-order valence-electron chi connectivity index (χ4n) is 0.842. The Morgan fingerprint density at radius 2 is 2.23 bits per heavy atom. The topological polar surface area (TPSA) is 87.2 Å². The molecule has 0 aliphatic carbocycles. The van der Waals surface area contributed by atoms with E-state index < -0.39 is 15.8 Å². The minimum absolute atomic E-state index is 0.133. The largest absolute Gasteiger partial charge is 0.481 e. The second-order valence-corrected chi connectivity index (χ2v) is 4.62. The second kappa shape index (κ2) is 3.61. The third kappa shape index (κ3) is 2.59. The van der Waals surface area contributed by atoms with Crippen molar-refractivity contribution in [2.75, 3.05) is 5.75 Å². The predicted molar refractivity (Wildman–Crippen MR) is 45.1 cm³/mol. The van der Waals surface area contributed by atoms with E-state index in [4.69, 9.17) is 5.11 Å². The van der Waals surface area contributed by atoms with Gasteiger partial charge in [-0.25, -0.2) is 8.42 Å². The third-order valence-electron chi connectivity index (χ3n) is 1.51. The highest BCUT2D eigenvalue weighted by molar-refractivity contribution is 7.91. The van der Waals surface area contributed by atoms with Crippen molar-refractivity contribution in [2.45, 2.75) is 11.3 Å². The zero-order chi connectivity index (χ0) is 9.90. The van der Waals surface area contributed by atoms with E-state index in [9.17, 15) is 13.2 Å². The summed E-state index contributed by atoms with van der Waals surface area (Å²) in [6.07, 6.45) is 2.44. The van der Waals surface area contributed by atoms with Gasteiger partial charge in [0.1, 0.15) is 0 Å². The van der Waals surface area contributed by atoms with Crippen molar-refractivity contribution < 1.29 is 18.3 Å². The lowest BCUT2D eigenvalue weighted by Gasteiger charge is -1.97. The smallest absolute Gasteiger partial charge is 0.304 e. The zero-order valence-electron chi connectivity index (χ0n) is 6.73. The van der Waals surface area contributed by atoms with Gasteiger partial charge in [-0.05, 0) is 6.07 Å². The molecule has 0 spiro atoms. The number of carboxylic acids is 1. The SMILES string of the molecule is O=C(O)CCS(=O)(=O)c1cc[nH]c1. The molecule has 1 aromatic rings. The van der Waals surface area contributed by atoms with Crippen molar-refractivity contribution in [3.63, 3.8) is 0 Å². The molecule has 0 fully saturated rings. The first-order valence-corrected chi connectivity index (χ1v) is 5.25. The summed E-state index contributed by atoms with van der Waals surface area (Å²) in [6, 6.07) is 1.40. The van der Waals surface area contributed by atoms with Gasteiger partial charge >= 0.3 is 5.97 Å². The summed E-state index contributed by atoms with van der Waals surface area (Å²) < 4.78 is 22.6. The maximum Gasteiger partial charge on any atom is 0.304 e. The Labute approximate surface area is 75.3 Å². The van der Waals surface area contributed by atoms with Gasteiger partial charge in [-0.15, -0.1) is 0 Å². The number of hydrogen-bond donors (Lipinski definition) is 2. The van der Waals surface area contributed by atoms with Gasteiger partial charge in [-0.3, -0.25) is 4.79 Å². The molecule has 0 aliphatic heterocycles. The number of hydrogen-bond acceptors (Lipinski definition) is 3. The molecule has 0 saturated heterocycles. The van der Waals surface area contributed by atoms with Crippen LogP contribution in [0.25, 0.3) is 0 Å². The number of sulfone groups is 1. The summed E-state index contributed by atoms with van der Waals surface area (Å²) in [7, 11) is -3.42. The van der Waals surface area contributed by atoms with Crippen molar-refractivity contribution in [3.8, 4) is 0 Å². The van der Waals surface area contributed by atoms with Crippen molar-refractivity contribution in [2.24, 2.45) is 0 Å². The number of aromatic nitrogens is 1. The van der Waals surface area contributed by atoms with Crippen LogP contribution >= 0.6 is 0 Å². The summed E-state index contributed by atoms with van der Waals surface area (Å²) in [5.74, 6) is -1.47. The highest BCUT2D eigenvalue weighted by atomic mass is 32.2. The standard InChI is InChI=1S/C7H9NO4S/c9-7(10)2-4-13(11,12)6-1-3-8-5-6/h1,3,5,8H,2,4H2,(H,9,10). The van der Waals surface area contributed by atoms with E-state index in [2.05, 4.69) is 4.98 Å². The second-order valence-electron chi connectivity index (χ2n) is 2.51. The van der Waals surface area contributed by atoms with Crippen molar-refractivity contribution in [1.29, 1.82) is 0 Å². The van der Waals surface area contributed by atoms with Gasteiger partial charge in [0.15, 0.2) is 9.84 Å². The van der Waals surface area contributed by atoms with Crippen LogP contribution < -0.4 is 0 Å². The first-order chi connectivity index (χ1) is 6.02. The molecule has 1 aromatic heterocycles. The first-order valence-electron chi connectivity index (χ1n) is 3.60. The molecule has 5 nitrogen and oxygen atoms in total. The van der Waals surface area contributed by atoms with E-state index in [1.54, 1.807) is 0 Å². The Kier molecular flexibility index (Phi) is 2.72. The van der Waals surface area contributed by atoms with Crippen LogP contribution in [0.2, 0.25) is 0 Å². The lowest BCUT2D eigenvalue weighted by Crippen LogP contribution is -2.10. The molecular formula is C7H9NO4S. The molecule has 0 atom stereocenters. The molecule has 6 heteroatoms. The summed E-state index contributed by atoms with van der Waals surface area (Å²) in [4.78, 5) is 12.9. The van der Waals surface area contributed by atoms with Crippen LogP contribution in [0.1, 0.15) is 6.42 Å². The van der Waals surface area contributed by atoms with Crippen LogP contribution in [0.4, 0.5) is 0 Å². The molecule has 0 unspecified atom stereocenters. The van der Waals surface area contributed by atoms with Gasteiger partial charge < -0.3 is 10.1 Å². The molecule has 13 heavy (non-hydrogen) atoms. The van der Waals surface area contributed by atoms with E-state index in [1.165, 1.54) is 18.5 Å². The van der Waals surface area contributed by atoms with Gasteiger partial charge in [-0.2, -0.15) is 0 Å². The number of carbonyl (C=O) groups is 1. The fraction of sp³-hybridized carbons (Fsp3) is 0.286. The van der Waals surface area contributed by atoms with Gasteiger partial charge in [-0.1, -0.05) is 0 Å². The van der Waals surface area contributed by atoms with Crippen molar-refractivity contribution >= 4 is 15.8 Å². The summed E-state index contributed by atoms with van der Waals surface area (Å²) >= 11 is 0. The molecule has 0 bridgehead atoms. The van der Waals surface area contributed by atoms with Crippen molar-refractivity contribution in [3.05, 3.63) is 18.5 Å². The summed E-state index contributed by atoms with van der Waals surface area (Å²) in [6.45, 7) is 0. The predicted octanol–water partition coefficient (Wildman–Crippen LogP) is 0.263. The Bertz CT molecular complexity index is 379. The summed E-state index contributed by atoms with van der Waals surface area (Å²) in [5, 5.41) is 8.30. The van der Waals surface area contributed by atoms with Gasteiger partial charge in [0.2, 0.25) is 0 Å². The maximum absolute atomic E-state index is 11.3. The van der Waals surface area contributed by atoms with E-state index >= 15 is 0 Å². The molecule has 72 valence electrons. The van der Waals surface area contributed by atoms with E-state index in [0.717, 1.165) is 0 Å². The number of H-pyrrole nitrogens is 1. The van der Waals surface area contributed by atoms with Gasteiger partial charge in [0.05, 0.1) is 17.1 Å². The van der Waals surface area contributed by atoms with Crippen LogP contribution in [0.3, 0.4) is 0 Å². The average molecular weight is 203 g/mol. The molecule has 0 saturated carbocycles. The highest BCUT2D eigenvalue weighted by Crippen LogP contribution is 2.09. The van der Waals surface area contributed by atoms with Gasteiger partial charge in [0, 0.05) is 12.4 Å². The molecule has 0 radical (unpaired) electrons. The monoisotopic (exact) mass is 203 g/mol. The summed E-state index contributed by atoms with van der Waals surface area (Å²) in [5.41, 5.74) is 0. The Balaban J connectivity index is 2.74. The quantitative estimate of drug-likeness (QED) is 0.734. The maximum atomic E-state index is 11.3. The number of rotatable bonds is 4. The number of aliphatic carboxylic acids is 1. The molecule has 0 aliphatic rings. The molecule has 0 aromatic carbocycles. The van der Waals surface area contributed by atoms with Crippen LogP contribution in [0, 0.1) is 0 Å². The average Bonchev–Trinajstić information content (AvgIpc) is 2.53. The van der Waals surface area contributed by atoms with Crippen LogP contribution in [-0.2, 0) is 14.6 Å². The van der Waals surface area contributed by atoms with Crippen LogP contribution in [0.5, 0.6) is 0 Å². The highest BCUT2D eigenvalue weighted by Gasteiger charge is 2.15. The Hall–Kier alpha value is -1.30. The number of aromatic amines is 1. The number of carboxylic acid groups (broad SMARTS) is 1. The van der Waals surface area contributed by atoms with Crippen molar-refractivity contribution in [1.82, 2.24) is 4.98 Å². The molecule has 1 rings (SSSR count). The molecular weight excluding hydrogens is 194 g/mol. The zero-order valence-corrected chi connectivity index (χ0v) is 7.54. The van der Waals surface area contributed by atoms with E-state index in [0.29, 0.717) is 0 Å². The van der Waals surface area contributed by atoms with Gasteiger partial charge in [0.25, 0.3) is 0 Å². The minimum atomic E-state index is -3.42. The minimum Gasteiger partial charge on any atom is -0.481 e. The number of nitrogens with one attached hydrogen (secondary N) is 1. The van der Waals surface area contributed by atoms with E-state index in [-0.39, 0.29) is 17.1 Å². The fourth-order valence-corrected chi connectivity index (χ4v) is 2.04. The Morgan fingerprint density at radius 1 is 1.54 bits per heavy atom. The lowest BCUT2D eigenvalue weighted by atomic mass is 10.5. The lowest BCUT2D eigenvalue weighted by molar-refractivity contribution is -0.136.